The van der Waals surface area contributed by atoms with Crippen molar-refractivity contribution in [3.63, 3.8) is 0 Å². The smallest absolute Gasteiger partial charge is 0.257 e. The number of furan rings is 1. The molecule has 0 saturated carbocycles. The van der Waals surface area contributed by atoms with Crippen molar-refractivity contribution in [2.45, 2.75) is 19.3 Å². The van der Waals surface area contributed by atoms with Gasteiger partial charge in [-0.25, -0.2) is 0 Å². The number of hydrogen-bond donors (Lipinski definition) is 1. The Morgan fingerprint density at radius 3 is 2.21 bits per heavy atom. The Hall–Kier alpha value is -3.60. The van der Waals surface area contributed by atoms with Crippen molar-refractivity contribution in [1.29, 1.82) is 0 Å². The van der Waals surface area contributed by atoms with E-state index in [9.17, 15) is 4.79 Å². The van der Waals surface area contributed by atoms with Gasteiger partial charge in [-0.1, -0.05) is 65.8 Å². The van der Waals surface area contributed by atoms with Gasteiger partial charge < -0.3 is 14.3 Å². The molecule has 0 aliphatic carbocycles. The van der Waals surface area contributed by atoms with E-state index < -0.39 is 0 Å². The van der Waals surface area contributed by atoms with Crippen molar-refractivity contribution in [3.8, 4) is 11.5 Å². The molecule has 2 aromatic heterocycles. The predicted molar refractivity (Wildman–Crippen MR) is 111 cm³/mol. The van der Waals surface area contributed by atoms with E-state index >= 15 is 0 Å². The van der Waals surface area contributed by atoms with Gasteiger partial charge in [0.25, 0.3) is 5.91 Å². The summed E-state index contributed by atoms with van der Waals surface area (Å²) in [6.07, 6.45) is 2.32. The molecule has 29 heavy (non-hydrogen) atoms. The van der Waals surface area contributed by atoms with E-state index in [2.05, 4.69) is 34.7 Å². The minimum atomic E-state index is -0.213. The lowest BCUT2D eigenvalue weighted by molar-refractivity contribution is 0.0952. The molecular weight excluding hydrogens is 364 g/mol. The summed E-state index contributed by atoms with van der Waals surface area (Å²) >= 11 is 0. The number of carbonyl (C=O) groups excluding carboxylic acids is 1. The average molecular weight is 386 g/mol. The molecule has 0 aliphatic heterocycles. The molecule has 4 aromatic rings. The van der Waals surface area contributed by atoms with E-state index in [0.29, 0.717) is 29.3 Å². The van der Waals surface area contributed by atoms with Crippen LogP contribution in [-0.2, 0) is 0 Å². The first-order valence-corrected chi connectivity index (χ1v) is 9.62. The van der Waals surface area contributed by atoms with Gasteiger partial charge in [0.2, 0.25) is 5.76 Å². The zero-order chi connectivity index (χ0) is 20.1. The molecule has 146 valence electrons. The van der Waals surface area contributed by atoms with Crippen LogP contribution in [0.1, 0.15) is 39.5 Å². The number of amides is 1. The van der Waals surface area contributed by atoms with Gasteiger partial charge in [-0.2, -0.15) is 0 Å². The van der Waals surface area contributed by atoms with E-state index in [1.54, 1.807) is 25.3 Å². The Balaban J connectivity index is 1.49. The maximum absolute atomic E-state index is 12.8. The van der Waals surface area contributed by atoms with Gasteiger partial charge in [0.1, 0.15) is 5.56 Å². The largest absolute Gasteiger partial charge is 0.461 e. The molecule has 0 atom stereocenters. The molecule has 0 fully saturated rings. The number of benzene rings is 2. The first-order chi connectivity index (χ1) is 14.2. The van der Waals surface area contributed by atoms with Crippen molar-refractivity contribution in [2.75, 3.05) is 6.54 Å². The lowest BCUT2D eigenvalue weighted by atomic mass is 9.88. The molecule has 1 N–H and O–H groups in total. The summed E-state index contributed by atoms with van der Waals surface area (Å²) in [7, 11) is 0. The van der Waals surface area contributed by atoms with Gasteiger partial charge >= 0.3 is 0 Å². The normalized spacial score (nSPS) is 11.0. The molecule has 0 saturated heterocycles. The third-order valence-corrected chi connectivity index (χ3v) is 4.96. The maximum Gasteiger partial charge on any atom is 0.257 e. The van der Waals surface area contributed by atoms with Crippen LogP contribution in [0.4, 0.5) is 0 Å². The Morgan fingerprint density at radius 2 is 1.62 bits per heavy atom. The summed E-state index contributed by atoms with van der Waals surface area (Å²) in [6, 6.07) is 24.2. The quantitative estimate of drug-likeness (QED) is 0.474. The lowest BCUT2D eigenvalue weighted by Crippen LogP contribution is -2.26. The Labute approximate surface area is 169 Å². The van der Waals surface area contributed by atoms with Gasteiger partial charge in [-0.3, -0.25) is 4.79 Å². The molecule has 0 bridgehead atoms. The van der Waals surface area contributed by atoms with E-state index in [-0.39, 0.29) is 11.8 Å². The third-order valence-electron chi connectivity index (χ3n) is 4.96. The first kappa shape index (κ1) is 18.7. The number of carbonyl (C=O) groups is 1. The summed E-state index contributed by atoms with van der Waals surface area (Å²) in [5.41, 5.74) is 3.41. The number of nitrogens with one attached hydrogen (secondary N) is 1. The molecule has 1 amide bonds. The zero-order valence-electron chi connectivity index (χ0n) is 16.2. The van der Waals surface area contributed by atoms with Crippen LogP contribution >= 0.6 is 0 Å². The Kier molecular flexibility index (Phi) is 5.56. The second-order valence-corrected chi connectivity index (χ2v) is 6.87. The van der Waals surface area contributed by atoms with E-state index in [4.69, 9.17) is 8.94 Å². The number of nitrogens with zero attached hydrogens (tertiary/aromatic N) is 1. The summed E-state index contributed by atoms with van der Waals surface area (Å²) < 4.78 is 10.7. The molecule has 2 aromatic carbocycles. The van der Waals surface area contributed by atoms with Crippen molar-refractivity contribution in [3.05, 3.63) is 101 Å². The van der Waals surface area contributed by atoms with Gasteiger partial charge in [0.05, 0.1) is 12.0 Å². The highest BCUT2D eigenvalue weighted by Crippen LogP contribution is 2.28. The monoisotopic (exact) mass is 386 g/mol. The van der Waals surface area contributed by atoms with Crippen LogP contribution in [0, 0.1) is 6.92 Å². The summed E-state index contributed by atoms with van der Waals surface area (Å²) in [4.78, 5) is 12.8. The van der Waals surface area contributed by atoms with Crippen molar-refractivity contribution < 1.29 is 13.7 Å². The van der Waals surface area contributed by atoms with Crippen molar-refractivity contribution in [1.82, 2.24) is 10.5 Å². The van der Waals surface area contributed by atoms with E-state index in [1.165, 1.54) is 11.1 Å². The van der Waals surface area contributed by atoms with Gasteiger partial charge in [-0.05, 0) is 36.6 Å². The molecule has 0 radical (unpaired) electrons. The average Bonchev–Trinajstić information content (AvgIpc) is 3.42. The van der Waals surface area contributed by atoms with Crippen LogP contribution in [0.15, 0.2) is 88.0 Å². The number of aromatic nitrogens is 1. The van der Waals surface area contributed by atoms with Gasteiger partial charge in [-0.15, -0.1) is 0 Å². The Bertz CT molecular complexity index is 1010. The molecule has 5 heteroatoms. The van der Waals surface area contributed by atoms with Crippen molar-refractivity contribution in [2.24, 2.45) is 0 Å². The number of rotatable bonds is 7. The first-order valence-electron chi connectivity index (χ1n) is 9.62. The third kappa shape index (κ3) is 4.14. The molecule has 0 aliphatic rings. The molecule has 4 rings (SSSR count). The van der Waals surface area contributed by atoms with Crippen LogP contribution in [0.3, 0.4) is 0 Å². The van der Waals surface area contributed by atoms with Crippen LogP contribution in [0.2, 0.25) is 0 Å². The Morgan fingerprint density at radius 1 is 0.966 bits per heavy atom. The molecular formula is C24H22N2O3. The summed E-state index contributed by atoms with van der Waals surface area (Å²) in [5.74, 6) is 0.829. The fraction of sp³-hybridized carbons (Fsp3) is 0.167. The minimum absolute atomic E-state index is 0.200. The van der Waals surface area contributed by atoms with Crippen LogP contribution in [0.25, 0.3) is 11.5 Å². The fourth-order valence-electron chi connectivity index (χ4n) is 3.53. The number of hydrogen-bond acceptors (Lipinski definition) is 4. The maximum atomic E-state index is 12.8. The van der Waals surface area contributed by atoms with E-state index in [1.807, 2.05) is 36.4 Å². The second-order valence-electron chi connectivity index (χ2n) is 6.87. The standard InChI is InChI=1S/C24H22N2O3/c1-17-22(23(29-26-17)21-13-8-16-28-21)24(27)25-15-14-20(18-9-4-2-5-10-18)19-11-6-3-7-12-19/h2-13,16,20H,14-15H2,1H3,(H,25,27). The van der Waals surface area contributed by atoms with Gasteiger partial charge in [0.15, 0.2) is 5.76 Å². The van der Waals surface area contributed by atoms with E-state index in [0.717, 1.165) is 6.42 Å². The number of aryl methyl sites for hydroxylation is 1. The highest BCUT2D eigenvalue weighted by atomic mass is 16.5. The molecule has 5 nitrogen and oxygen atoms in total. The SMILES string of the molecule is Cc1noc(-c2ccco2)c1C(=O)NCCC(c1ccccc1)c1ccccc1. The topological polar surface area (TPSA) is 68.3 Å². The van der Waals surface area contributed by atoms with Crippen molar-refractivity contribution >= 4 is 5.91 Å². The molecule has 0 spiro atoms. The molecule has 0 unspecified atom stereocenters. The summed E-state index contributed by atoms with van der Waals surface area (Å²) in [5, 5.41) is 6.95. The zero-order valence-corrected chi connectivity index (χ0v) is 16.2. The van der Waals surface area contributed by atoms with Crippen LogP contribution < -0.4 is 5.32 Å². The van der Waals surface area contributed by atoms with Gasteiger partial charge in [0, 0.05) is 12.5 Å². The second kappa shape index (κ2) is 8.61. The fourth-order valence-corrected chi connectivity index (χ4v) is 3.53. The summed E-state index contributed by atoms with van der Waals surface area (Å²) in [6.45, 7) is 2.27. The molecule has 2 heterocycles. The highest BCUT2D eigenvalue weighted by Gasteiger charge is 2.23. The minimum Gasteiger partial charge on any atom is -0.461 e. The predicted octanol–water partition coefficient (Wildman–Crippen LogP) is 5.20. The van der Waals surface area contributed by atoms with Crippen LogP contribution in [0.5, 0.6) is 0 Å². The van der Waals surface area contributed by atoms with Crippen LogP contribution in [-0.4, -0.2) is 17.6 Å². The lowest BCUT2D eigenvalue weighted by Gasteiger charge is -2.18. The highest BCUT2D eigenvalue weighted by molar-refractivity contribution is 6.00.